The van der Waals surface area contributed by atoms with Crippen molar-refractivity contribution in [2.24, 2.45) is 11.8 Å². The van der Waals surface area contributed by atoms with Gasteiger partial charge in [-0.05, 0) is 45.1 Å². The SMILES string of the molecule is COC[C@@H]1NC(=O)CC/C=C\CN(C(C)C)C(=O)[C@H]2N(CCCCCO)C(=O)[C@@H]3[C@@H](C(=O)O[C@H]1c1ccccc1)[C@H]1C=C[C@]32O1. The number of ether oxygens (including phenoxy) is 3. The summed E-state index contributed by atoms with van der Waals surface area (Å²) < 4.78 is 18.2. The summed E-state index contributed by atoms with van der Waals surface area (Å²) in [6, 6.07) is 7.32. The Balaban J connectivity index is 1.57. The summed E-state index contributed by atoms with van der Waals surface area (Å²) in [4.78, 5) is 59.3. The van der Waals surface area contributed by atoms with Crippen LogP contribution in [0.1, 0.15) is 57.6 Å². The number of amides is 3. The number of esters is 1. The highest BCUT2D eigenvalue weighted by Crippen LogP contribution is 2.56. The van der Waals surface area contributed by atoms with Gasteiger partial charge in [-0.15, -0.1) is 0 Å². The van der Waals surface area contributed by atoms with Crippen LogP contribution in [0.3, 0.4) is 0 Å². The zero-order valence-electron chi connectivity index (χ0n) is 26.3. The van der Waals surface area contributed by atoms with E-state index >= 15 is 0 Å². The smallest absolute Gasteiger partial charge is 0.313 e. The molecule has 0 saturated carbocycles. The minimum absolute atomic E-state index is 0.0465. The van der Waals surface area contributed by atoms with Crippen LogP contribution in [0.25, 0.3) is 0 Å². The second-order valence-corrected chi connectivity index (χ2v) is 12.5. The Kier molecular flexibility index (Phi) is 10.4. The van der Waals surface area contributed by atoms with Crippen LogP contribution >= 0.6 is 0 Å². The molecule has 2 N–H and O–H groups in total. The van der Waals surface area contributed by atoms with Gasteiger partial charge in [0.2, 0.25) is 17.7 Å². The molecular weight excluding hydrogens is 578 g/mol. The largest absolute Gasteiger partial charge is 0.455 e. The van der Waals surface area contributed by atoms with Crippen LogP contribution in [-0.4, -0.2) is 102 Å². The number of aliphatic hydroxyl groups excluding tert-OH is 1. The van der Waals surface area contributed by atoms with Gasteiger partial charge >= 0.3 is 5.97 Å². The molecule has 0 radical (unpaired) electrons. The van der Waals surface area contributed by atoms with Gasteiger partial charge in [-0.1, -0.05) is 54.6 Å². The number of nitrogens with zero attached hydrogens (tertiary/aromatic N) is 2. The van der Waals surface area contributed by atoms with E-state index in [1.165, 1.54) is 7.11 Å². The molecule has 244 valence electrons. The third-order valence-electron chi connectivity index (χ3n) is 9.28. The standard InChI is InChI=1S/C34H45N3O8/c1-22(2)36-18-10-5-9-15-26(39)35-24(21-43-3)29(23-13-7-4-8-14-23)44-33(42)27-25-16-17-34(45-25)28(27)31(40)37(30(34)32(36)41)19-11-6-12-20-38/h4-5,7-8,10,13-14,16-17,22,24-25,27-30,38H,6,9,11-12,15,18-21H2,1-3H3,(H,35,39)/b10-5-/t24-,25+,27-,28-,29-,30+,34-/m0/s1. The average Bonchev–Trinajstić information content (AvgIpc) is 3.66. The molecule has 5 rings (SSSR count). The fourth-order valence-electron chi connectivity index (χ4n) is 7.15. The number of nitrogens with one attached hydrogen (secondary N) is 1. The second kappa shape index (κ2) is 14.3. The number of unbranched alkanes of at least 4 members (excludes halogenated alkanes) is 2. The predicted molar refractivity (Wildman–Crippen MR) is 164 cm³/mol. The fourth-order valence-corrected chi connectivity index (χ4v) is 7.15. The average molecular weight is 624 g/mol. The van der Waals surface area contributed by atoms with Crippen LogP contribution in [0.4, 0.5) is 0 Å². The molecule has 11 heteroatoms. The minimum atomic E-state index is -1.31. The lowest BCUT2D eigenvalue weighted by Crippen LogP contribution is -2.57. The highest BCUT2D eigenvalue weighted by atomic mass is 16.6. The van der Waals surface area contributed by atoms with Gasteiger partial charge < -0.3 is 34.4 Å². The van der Waals surface area contributed by atoms with E-state index in [4.69, 9.17) is 14.2 Å². The summed E-state index contributed by atoms with van der Waals surface area (Å²) in [7, 11) is 1.52. The Hall–Kier alpha value is -3.54. The molecular formula is C34H45N3O8. The zero-order chi connectivity index (χ0) is 32.1. The van der Waals surface area contributed by atoms with E-state index in [9.17, 15) is 24.3 Å². The molecule has 11 nitrogen and oxygen atoms in total. The molecule has 4 heterocycles. The number of allylic oxidation sites excluding steroid dienone is 1. The van der Waals surface area contributed by atoms with Gasteiger partial charge in [-0.3, -0.25) is 19.2 Å². The van der Waals surface area contributed by atoms with Crippen molar-refractivity contribution < 1.29 is 38.5 Å². The lowest BCUT2D eigenvalue weighted by molar-refractivity contribution is -0.162. The summed E-state index contributed by atoms with van der Waals surface area (Å²) in [6.45, 7) is 4.57. The normalized spacial score (nSPS) is 32.6. The maximum absolute atomic E-state index is 14.4. The number of hydrogen-bond donors (Lipinski definition) is 2. The van der Waals surface area contributed by atoms with Gasteiger partial charge in [0.25, 0.3) is 0 Å². The molecule has 45 heavy (non-hydrogen) atoms. The Morgan fingerprint density at radius 1 is 1.07 bits per heavy atom. The number of aliphatic hydroxyl groups is 1. The van der Waals surface area contributed by atoms with Gasteiger partial charge in [0.05, 0.1) is 24.7 Å². The molecule has 0 aromatic heterocycles. The van der Waals surface area contributed by atoms with Crippen LogP contribution in [-0.2, 0) is 33.4 Å². The number of rotatable bonds is 9. The summed E-state index contributed by atoms with van der Waals surface area (Å²) in [5.74, 6) is -3.35. The number of fused-ring (bicyclic) bond motifs is 2. The molecule has 1 aromatic carbocycles. The molecule has 0 aliphatic carbocycles. The molecule has 2 saturated heterocycles. The third kappa shape index (κ3) is 6.43. The molecule has 1 aromatic rings. The zero-order valence-corrected chi connectivity index (χ0v) is 26.3. The maximum Gasteiger partial charge on any atom is 0.313 e. The van der Waals surface area contributed by atoms with Crippen molar-refractivity contribution >= 4 is 23.7 Å². The van der Waals surface area contributed by atoms with Crippen LogP contribution in [0.15, 0.2) is 54.6 Å². The number of hydrogen-bond acceptors (Lipinski definition) is 8. The van der Waals surface area contributed by atoms with Crippen molar-refractivity contribution in [2.75, 3.05) is 33.4 Å². The van der Waals surface area contributed by atoms with Crippen molar-refractivity contribution in [3.05, 3.63) is 60.2 Å². The molecule has 7 atom stereocenters. The first-order valence-corrected chi connectivity index (χ1v) is 16.0. The first-order valence-electron chi connectivity index (χ1n) is 16.0. The van der Waals surface area contributed by atoms with Crippen molar-refractivity contribution in [1.29, 1.82) is 0 Å². The highest BCUT2D eigenvalue weighted by Gasteiger charge is 2.73. The summed E-state index contributed by atoms with van der Waals surface area (Å²) in [5.41, 5.74) is -0.642. The van der Waals surface area contributed by atoms with E-state index in [0.717, 1.165) is 0 Å². The number of likely N-dealkylation sites (tertiary alicyclic amines) is 1. The van der Waals surface area contributed by atoms with Gasteiger partial charge in [-0.25, -0.2) is 0 Å². The van der Waals surface area contributed by atoms with Crippen molar-refractivity contribution in [3.63, 3.8) is 0 Å². The van der Waals surface area contributed by atoms with Crippen molar-refractivity contribution in [2.45, 2.75) is 81.9 Å². The summed E-state index contributed by atoms with van der Waals surface area (Å²) in [6.07, 6.45) is 8.20. The van der Waals surface area contributed by atoms with E-state index < -0.39 is 47.7 Å². The van der Waals surface area contributed by atoms with Crippen LogP contribution in [0, 0.1) is 11.8 Å². The maximum atomic E-state index is 14.4. The summed E-state index contributed by atoms with van der Waals surface area (Å²) >= 11 is 0. The van der Waals surface area contributed by atoms with Gasteiger partial charge in [0.15, 0.2) is 0 Å². The Labute approximate surface area is 264 Å². The molecule has 5 bridgehead atoms. The van der Waals surface area contributed by atoms with E-state index in [-0.39, 0.29) is 43.4 Å². The summed E-state index contributed by atoms with van der Waals surface area (Å²) in [5, 5.41) is 12.3. The monoisotopic (exact) mass is 623 g/mol. The number of methoxy groups -OCH3 is 1. The molecule has 4 aliphatic heterocycles. The molecule has 3 amide bonds. The Morgan fingerprint density at radius 2 is 1.84 bits per heavy atom. The van der Waals surface area contributed by atoms with Gasteiger partial charge in [-0.2, -0.15) is 0 Å². The number of cyclic esters (lactones) is 1. The van der Waals surface area contributed by atoms with Crippen molar-refractivity contribution in [1.82, 2.24) is 15.1 Å². The Bertz CT molecular complexity index is 1300. The number of benzene rings is 1. The fraction of sp³-hybridized carbons (Fsp3) is 0.588. The topological polar surface area (TPSA) is 135 Å². The first kappa shape index (κ1) is 32.8. The van der Waals surface area contributed by atoms with Gasteiger partial charge in [0, 0.05) is 39.3 Å². The lowest BCUT2D eigenvalue weighted by atomic mass is 9.74. The predicted octanol–water partition coefficient (Wildman–Crippen LogP) is 2.30. The van der Waals surface area contributed by atoms with Crippen molar-refractivity contribution in [3.8, 4) is 0 Å². The molecule has 0 unspecified atom stereocenters. The van der Waals surface area contributed by atoms with E-state index in [1.807, 2.05) is 56.3 Å². The molecule has 2 fully saturated rings. The third-order valence-corrected chi connectivity index (χ3v) is 9.28. The van der Waals surface area contributed by atoms with E-state index in [2.05, 4.69) is 5.32 Å². The van der Waals surface area contributed by atoms with E-state index in [0.29, 0.717) is 44.3 Å². The second-order valence-electron chi connectivity index (χ2n) is 12.5. The van der Waals surface area contributed by atoms with Crippen LogP contribution in [0.5, 0.6) is 0 Å². The first-order chi connectivity index (χ1) is 21.7. The van der Waals surface area contributed by atoms with Crippen LogP contribution in [0.2, 0.25) is 0 Å². The quantitative estimate of drug-likeness (QED) is 0.243. The Morgan fingerprint density at radius 3 is 2.56 bits per heavy atom. The van der Waals surface area contributed by atoms with Crippen LogP contribution < -0.4 is 5.32 Å². The van der Waals surface area contributed by atoms with E-state index in [1.54, 1.807) is 22.0 Å². The lowest BCUT2D eigenvalue weighted by Gasteiger charge is -2.37. The molecule has 1 spiro atoms. The number of carbonyl (C=O) groups excluding carboxylic acids is 4. The minimum Gasteiger partial charge on any atom is -0.455 e. The highest BCUT2D eigenvalue weighted by molar-refractivity contribution is 5.99. The van der Waals surface area contributed by atoms with Gasteiger partial charge in [0.1, 0.15) is 23.7 Å². The molecule has 4 aliphatic rings. The number of carbonyl (C=O) groups is 4.